The van der Waals surface area contributed by atoms with Gasteiger partial charge in [0.2, 0.25) is 0 Å². The zero-order valence-electron chi connectivity index (χ0n) is 9.68. The van der Waals surface area contributed by atoms with Gasteiger partial charge in [0.25, 0.3) is 0 Å². The molecule has 0 heterocycles. The second kappa shape index (κ2) is 4.64. The quantitative estimate of drug-likeness (QED) is 0.665. The van der Waals surface area contributed by atoms with E-state index in [2.05, 4.69) is 5.73 Å². The molecule has 0 aliphatic heterocycles. The lowest BCUT2D eigenvalue weighted by Crippen LogP contribution is -2.38. The van der Waals surface area contributed by atoms with Gasteiger partial charge in [-0.05, 0) is 37.3 Å². The van der Waals surface area contributed by atoms with E-state index in [4.69, 9.17) is 0 Å². The summed E-state index contributed by atoms with van der Waals surface area (Å²) in [6.07, 6.45) is 1.80. The van der Waals surface area contributed by atoms with Gasteiger partial charge in [-0.15, -0.1) is 5.73 Å². The Morgan fingerprint density at radius 1 is 1.15 bits per heavy atom. The zero-order chi connectivity index (χ0) is 10.6. The number of aliphatic hydroxyl groups is 1. The SMILES string of the molecule is CC(C)=C=CC(O)(C(C)C)C(C)C. The predicted octanol–water partition coefficient (Wildman–Crippen LogP) is 3.15. The molecule has 1 heteroatoms. The highest BCUT2D eigenvalue weighted by atomic mass is 16.3. The van der Waals surface area contributed by atoms with E-state index in [1.54, 1.807) is 6.08 Å². The van der Waals surface area contributed by atoms with Gasteiger partial charge in [0.05, 0.1) is 5.60 Å². The Bertz CT molecular complexity index is 205. The Morgan fingerprint density at radius 2 is 1.54 bits per heavy atom. The summed E-state index contributed by atoms with van der Waals surface area (Å²) in [6.45, 7) is 12.1. The first kappa shape index (κ1) is 12.5. The summed E-state index contributed by atoms with van der Waals surface area (Å²) in [5, 5.41) is 10.3. The molecule has 0 aromatic rings. The molecule has 1 N–H and O–H groups in total. The highest BCUT2D eigenvalue weighted by molar-refractivity contribution is 5.07. The van der Waals surface area contributed by atoms with Gasteiger partial charge in [0, 0.05) is 0 Å². The van der Waals surface area contributed by atoms with Crippen LogP contribution in [0.5, 0.6) is 0 Å². The molecule has 0 aromatic heterocycles. The van der Waals surface area contributed by atoms with Gasteiger partial charge in [-0.1, -0.05) is 27.7 Å². The predicted molar refractivity (Wildman–Crippen MR) is 57.6 cm³/mol. The fourth-order valence-electron chi connectivity index (χ4n) is 1.26. The third-order valence-electron chi connectivity index (χ3n) is 2.44. The van der Waals surface area contributed by atoms with Gasteiger partial charge >= 0.3 is 0 Å². The maximum atomic E-state index is 10.3. The van der Waals surface area contributed by atoms with Crippen molar-refractivity contribution in [1.82, 2.24) is 0 Å². The third kappa shape index (κ3) is 3.38. The first-order valence-electron chi connectivity index (χ1n) is 4.94. The molecule has 76 valence electrons. The van der Waals surface area contributed by atoms with Gasteiger partial charge in [0.15, 0.2) is 0 Å². The minimum Gasteiger partial charge on any atom is -0.385 e. The molecule has 0 aliphatic rings. The zero-order valence-corrected chi connectivity index (χ0v) is 9.68. The molecule has 0 rings (SSSR count). The molecule has 0 fully saturated rings. The molecule has 0 saturated carbocycles. The fourth-order valence-corrected chi connectivity index (χ4v) is 1.26. The van der Waals surface area contributed by atoms with E-state index in [0.717, 1.165) is 5.57 Å². The minimum absolute atomic E-state index is 0.222. The van der Waals surface area contributed by atoms with Gasteiger partial charge in [-0.25, -0.2) is 0 Å². The molecule has 0 atom stereocenters. The van der Waals surface area contributed by atoms with Crippen molar-refractivity contribution in [2.75, 3.05) is 0 Å². The van der Waals surface area contributed by atoms with Crippen LogP contribution in [0.2, 0.25) is 0 Å². The summed E-state index contributed by atoms with van der Waals surface area (Å²) in [5.41, 5.74) is 3.46. The van der Waals surface area contributed by atoms with E-state index in [1.807, 2.05) is 41.5 Å². The monoisotopic (exact) mass is 182 g/mol. The van der Waals surface area contributed by atoms with Crippen molar-refractivity contribution < 1.29 is 5.11 Å². The van der Waals surface area contributed by atoms with Gasteiger partial charge in [-0.3, -0.25) is 0 Å². The van der Waals surface area contributed by atoms with Crippen LogP contribution in [0.4, 0.5) is 0 Å². The van der Waals surface area contributed by atoms with Gasteiger partial charge in [0.1, 0.15) is 0 Å². The van der Waals surface area contributed by atoms with E-state index in [0.29, 0.717) is 0 Å². The molecule has 0 aliphatic carbocycles. The third-order valence-corrected chi connectivity index (χ3v) is 2.44. The van der Waals surface area contributed by atoms with Crippen LogP contribution >= 0.6 is 0 Å². The first-order chi connectivity index (χ1) is 5.80. The average Bonchev–Trinajstić information content (AvgIpc) is 1.99. The lowest BCUT2D eigenvalue weighted by molar-refractivity contribution is -0.000181. The number of rotatable bonds is 3. The largest absolute Gasteiger partial charge is 0.385 e. The highest BCUT2D eigenvalue weighted by Crippen LogP contribution is 2.27. The molecule has 1 nitrogen and oxygen atoms in total. The van der Waals surface area contributed by atoms with Crippen molar-refractivity contribution in [3.05, 3.63) is 17.4 Å². The van der Waals surface area contributed by atoms with Crippen molar-refractivity contribution in [3.8, 4) is 0 Å². The summed E-state index contributed by atoms with van der Waals surface area (Å²) in [6, 6.07) is 0. The smallest absolute Gasteiger partial charge is 0.0946 e. The van der Waals surface area contributed by atoms with Gasteiger partial charge in [-0.2, -0.15) is 0 Å². The van der Waals surface area contributed by atoms with Crippen LogP contribution in [0.15, 0.2) is 17.4 Å². The molecule has 0 saturated heterocycles. The second-order valence-corrected chi connectivity index (χ2v) is 4.49. The van der Waals surface area contributed by atoms with E-state index < -0.39 is 5.60 Å². The molecule has 0 unspecified atom stereocenters. The summed E-state index contributed by atoms with van der Waals surface area (Å²) in [7, 11) is 0. The number of hydrogen-bond donors (Lipinski definition) is 1. The Morgan fingerprint density at radius 3 is 1.77 bits per heavy atom. The Balaban J connectivity index is 4.94. The van der Waals surface area contributed by atoms with Crippen molar-refractivity contribution in [2.45, 2.75) is 47.1 Å². The molecule has 0 spiro atoms. The minimum atomic E-state index is -0.725. The van der Waals surface area contributed by atoms with Crippen molar-refractivity contribution >= 4 is 0 Å². The molecule has 0 aromatic carbocycles. The molecule has 0 radical (unpaired) electrons. The highest BCUT2D eigenvalue weighted by Gasteiger charge is 2.31. The van der Waals surface area contributed by atoms with E-state index in [-0.39, 0.29) is 11.8 Å². The van der Waals surface area contributed by atoms with Crippen LogP contribution in [0.25, 0.3) is 0 Å². The maximum absolute atomic E-state index is 10.3. The topological polar surface area (TPSA) is 20.2 Å². The van der Waals surface area contributed by atoms with E-state index in [9.17, 15) is 5.11 Å². The second-order valence-electron chi connectivity index (χ2n) is 4.49. The normalized spacial score (nSPS) is 11.8. The summed E-state index contributed by atoms with van der Waals surface area (Å²) >= 11 is 0. The summed E-state index contributed by atoms with van der Waals surface area (Å²) in [4.78, 5) is 0. The summed E-state index contributed by atoms with van der Waals surface area (Å²) < 4.78 is 0. The maximum Gasteiger partial charge on any atom is 0.0946 e. The van der Waals surface area contributed by atoms with Gasteiger partial charge < -0.3 is 5.11 Å². The molecule has 0 bridgehead atoms. The van der Waals surface area contributed by atoms with Crippen LogP contribution in [0.1, 0.15) is 41.5 Å². The molecule has 0 amide bonds. The fraction of sp³-hybridized carbons (Fsp3) is 0.750. The van der Waals surface area contributed by atoms with Crippen molar-refractivity contribution in [3.63, 3.8) is 0 Å². The average molecular weight is 182 g/mol. The first-order valence-corrected chi connectivity index (χ1v) is 4.94. The standard InChI is InChI=1S/C12H22O/c1-9(2)7-8-12(13,10(3)4)11(5)6/h8,10-11,13H,1-6H3. The lowest BCUT2D eigenvalue weighted by atomic mass is 9.80. The Hall–Kier alpha value is -0.520. The van der Waals surface area contributed by atoms with Crippen molar-refractivity contribution in [1.29, 1.82) is 0 Å². The Labute approximate surface area is 82.2 Å². The number of hydrogen-bond acceptors (Lipinski definition) is 1. The van der Waals surface area contributed by atoms with E-state index >= 15 is 0 Å². The Kier molecular flexibility index (Phi) is 4.46. The van der Waals surface area contributed by atoms with Crippen LogP contribution in [-0.4, -0.2) is 10.7 Å². The lowest BCUT2D eigenvalue weighted by Gasteiger charge is -2.32. The van der Waals surface area contributed by atoms with Crippen LogP contribution in [0.3, 0.4) is 0 Å². The molecular weight excluding hydrogens is 160 g/mol. The summed E-state index contributed by atoms with van der Waals surface area (Å²) in [5.74, 6) is 0.443. The van der Waals surface area contributed by atoms with Crippen LogP contribution in [-0.2, 0) is 0 Å². The molecular formula is C12H22O. The molecule has 13 heavy (non-hydrogen) atoms. The van der Waals surface area contributed by atoms with Crippen molar-refractivity contribution in [2.24, 2.45) is 11.8 Å². The van der Waals surface area contributed by atoms with Crippen LogP contribution in [0, 0.1) is 11.8 Å². The van der Waals surface area contributed by atoms with Crippen LogP contribution < -0.4 is 0 Å². The van der Waals surface area contributed by atoms with E-state index in [1.165, 1.54) is 0 Å².